The first-order valence-corrected chi connectivity index (χ1v) is 5.45. The average molecular weight is 274 g/mol. The molecule has 92 valence electrons. The average Bonchev–Trinajstić information content (AvgIpc) is 2.38. The number of hydrogen-bond acceptors (Lipinski definition) is 4. The second-order valence-corrected chi connectivity index (χ2v) is 3.87. The molecular weight excluding hydrogens is 269 g/mol. The van der Waals surface area contributed by atoms with Gasteiger partial charge in [-0.2, -0.15) is 10.5 Å². The molecule has 1 heterocycles. The van der Waals surface area contributed by atoms with Gasteiger partial charge in [0.2, 0.25) is 5.88 Å². The Labute approximate surface area is 113 Å². The number of pyridine rings is 1. The van der Waals surface area contributed by atoms with Crippen molar-refractivity contribution in [3.63, 3.8) is 0 Å². The molecule has 1 aromatic heterocycles. The maximum Gasteiger partial charge on any atom is 0.221 e. The van der Waals surface area contributed by atoms with Gasteiger partial charge in [-0.05, 0) is 18.2 Å². The van der Waals surface area contributed by atoms with Gasteiger partial charge in [-0.3, -0.25) is 0 Å². The summed E-state index contributed by atoms with van der Waals surface area (Å²) >= 11 is 5.71. The molecule has 0 amide bonds. The van der Waals surface area contributed by atoms with Gasteiger partial charge < -0.3 is 4.74 Å². The van der Waals surface area contributed by atoms with Crippen LogP contribution in [-0.4, -0.2) is 4.98 Å². The first-order valence-electron chi connectivity index (χ1n) is 5.07. The van der Waals surface area contributed by atoms with E-state index in [4.69, 9.17) is 26.9 Å². The van der Waals surface area contributed by atoms with Gasteiger partial charge in [0, 0.05) is 12.1 Å². The highest BCUT2D eigenvalue weighted by molar-refractivity contribution is 6.29. The maximum absolute atomic E-state index is 13.4. The predicted molar refractivity (Wildman–Crippen MR) is 65.2 cm³/mol. The Morgan fingerprint density at radius 1 is 1.16 bits per heavy atom. The van der Waals surface area contributed by atoms with Gasteiger partial charge in [-0.15, -0.1) is 0 Å². The van der Waals surface area contributed by atoms with Gasteiger partial charge >= 0.3 is 0 Å². The molecule has 0 fully saturated rings. The van der Waals surface area contributed by atoms with E-state index in [1.807, 2.05) is 6.07 Å². The van der Waals surface area contributed by atoms with Crippen molar-refractivity contribution < 1.29 is 9.13 Å². The number of halogens is 2. The Bertz CT molecular complexity index is 719. The molecule has 0 radical (unpaired) electrons. The molecule has 0 N–H and O–H groups in total. The van der Waals surface area contributed by atoms with Crippen molar-refractivity contribution in [2.75, 3.05) is 0 Å². The fourth-order valence-electron chi connectivity index (χ4n) is 1.36. The van der Waals surface area contributed by atoms with E-state index in [0.717, 1.165) is 6.07 Å². The SMILES string of the molecule is N#Cc1cc(Cl)nc(Oc2ccc(C#N)c(F)c2)c1. The number of nitriles is 2. The molecule has 0 saturated heterocycles. The van der Waals surface area contributed by atoms with E-state index in [9.17, 15) is 4.39 Å². The summed E-state index contributed by atoms with van der Waals surface area (Å²) in [6.07, 6.45) is 0. The monoisotopic (exact) mass is 273 g/mol. The second-order valence-electron chi connectivity index (χ2n) is 3.48. The summed E-state index contributed by atoms with van der Waals surface area (Å²) in [6, 6.07) is 10.1. The molecule has 0 aliphatic heterocycles. The minimum absolute atomic E-state index is 0.0770. The summed E-state index contributed by atoms with van der Waals surface area (Å²) in [5, 5.41) is 17.5. The third kappa shape index (κ3) is 2.98. The van der Waals surface area contributed by atoms with E-state index in [1.165, 1.54) is 24.3 Å². The Kier molecular flexibility index (Phi) is 3.61. The van der Waals surface area contributed by atoms with E-state index in [2.05, 4.69) is 4.98 Å². The largest absolute Gasteiger partial charge is 0.439 e. The van der Waals surface area contributed by atoms with Gasteiger partial charge in [0.15, 0.2) is 0 Å². The van der Waals surface area contributed by atoms with Crippen molar-refractivity contribution in [2.45, 2.75) is 0 Å². The smallest absolute Gasteiger partial charge is 0.221 e. The number of aromatic nitrogens is 1. The van der Waals surface area contributed by atoms with Crippen LogP contribution in [0.4, 0.5) is 4.39 Å². The lowest BCUT2D eigenvalue weighted by molar-refractivity contribution is 0.458. The Balaban J connectivity index is 2.32. The topological polar surface area (TPSA) is 69.7 Å². The molecule has 0 atom stereocenters. The summed E-state index contributed by atoms with van der Waals surface area (Å²) in [7, 11) is 0. The molecule has 0 saturated carbocycles. The van der Waals surface area contributed by atoms with Crippen molar-refractivity contribution in [2.24, 2.45) is 0 Å². The minimum Gasteiger partial charge on any atom is -0.439 e. The van der Waals surface area contributed by atoms with Crippen molar-refractivity contribution >= 4 is 11.6 Å². The standard InChI is InChI=1S/C13H5ClFN3O/c14-12-3-8(6-16)4-13(18-12)19-10-2-1-9(7-17)11(15)5-10/h1-5H. The fourth-order valence-corrected chi connectivity index (χ4v) is 1.56. The second kappa shape index (κ2) is 5.34. The van der Waals surface area contributed by atoms with E-state index in [-0.39, 0.29) is 27.9 Å². The Morgan fingerprint density at radius 2 is 1.95 bits per heavy atom. The molecule has 19 heavy (non-hydrogen) atoms. The van der Waals surface area contributed by atoms with E-state index in [0.29, 0.717) is 0 Å². The van der Waals surface area contributed by atoms with Crippen molar-refractivity contribution in [1.29, 1.82) is 10.5 Å². The summed E-state index contributed by atoms with van der Waals surface area (Å²) in [6.45, 7) is 0. The van der Waals surface area contributed by atoms with Crippen LogP contribution >= 0.6 is 11.6 Å². The normalized spacial score (nSPS) is 9.47. The van der Waals surface area contributed by atoms with E-state index < -0.39 is 5.82 Å². The lowest BCUT2D eigenvalue weighted by atomic mass is 10.2. The Morgan fingerprint density at radius 3 is 2.58 bits per heavy atom. The van der Waals surface area contributed by atoms with Gasteiger partial charge in [-0.1, -0.05) is 11.6 Å². The zero-order valence-electron chi connectivity index (χ0n) is 9.39. The van der Waals surface area contributed by atoms with Crippen LogP contribution in [0.15, 0.2) is 30.3 Å². The third-order valence-electron chi connectivity index (χ3n) is 2.18. The zero-order chi connectivity index (χ0) is 13.8. The third-order valence-corrected chi connectivity index (χ3v) is 2.38. The van der Waals surface area contributed by atoms with Crippen LogP contribution in [0.5, 0.6) is 11.6 Å². The lowest BCUT2D eigenvalue weighted by Crippen LogP contribution is -1.91. The molecule has 0 bridgehead atoms. The van der Waals surface area contributed by atoms with Gasteiger partial charge in [0.05, 0.1) is 17.2 Å². The predicted octanol–water partition coefficient (Wildman–Crippen LogP) is 3.41. The van der Waals surface area contributed by atoms with Crippen LogP contribution in [0.2, 0.25) is 5.15 Å². The zero-order valence-corrected chi connectivity index (χ0v) is 10.1. The molecule has 4 nitrogen and oxygen atoms in total. The first kappa shape index (κ1) is 12.8. The molecule has 6 heteroatoms. The highest BCUT2D eigenvalue weighted by Crippen LogP contribution is 2.24. The maximum atomic E-state index is 13.4. The van der Waals surface area contributed by atoms with Crippen molar-refractivity contribution in [3.05, 3.63) is 52.4 Å². The summed E-state index contributed by atoms with van der Waals surface area (Å²) < 4.78 is 18.7. The lowest BCUT2D eigenvalue weighted by Gasteiger charge is -2.05. The van der Waals surface area contributed by atoms with E-state index in [1.54, 1.807) is 6.07 Å². The van der Waals surface area contributed by atoms with Gasteiger partial charge in [0.25, 0.3) is 0 Å². The summed E-state index contributed by atoms with van der Waals surface area (Å²) in [4.78, 5) is 3.85. The fraction of sp³-hybridized carbons (Fsp3) is 0. The van der Waals surface area contributed by atoms with Crippen LogP contribution in [0.1, 0.15) is 11.1 Å². The van der Waals surface area contributed by atoms with Crippen LogP contribution < -0.4 is 4.74 Å². The van der Waals surface area contributed by atoms with Crippen LogP contribution in [-0.2, 0) is 0 Å². The highest BCUT2D eigenvalue weighted by Gasteiger charge is 2.07. The summed E-state index contributed by atoms with van der Waals surface area (Å²) in [5.74, 6) is -0.453. The number of benzene rings is 1. The Hall–Kier alpha value is -2.63. The molecule has 2 aromatic rings. The minimum atomic E-state index is -0.692. The summed E-state index contributed by atoms with van der Waals surface area (Å²) in [5.41, 5.74) is 0.202. The molecule has 0 aliphatic rings. The van der Waals surface area contributed by atoms with Gasteiger partial charge in [0.1, 0.15) is 22.8 Å². The van der Waals surface area contributed by atoms with Crippen LogP contribution in [0, 0.1) is 28.5 Å². The number of nitrogens with zero attached hydrogens (tertiary/aromatic N) is 3. The number of rotatable bonds is 2. The first-order chi connectivity index (χ1) is 9.12. The number of hydrogen-bond donors (Lipinski definition) is 0. The van der Waals surface area contributed by atoms with Crippen molar-refractivity contribution in [1.82, 2.24) is 4.98 Å². The van der Waals surface area contributed by atoms with Crippen LogP contribution in [0.3, 0.4) is 0 Å². The quantitative estimate of drug-likeness (QED) is 0.786. The molecule has 1 aromatic carbocycles. The van der Waals surface area contributed by atoms with E-state index >= 15 is 0 Å². The van der Waals surface area contributed by atoms with Crippen LogP contribution in [0.25, 0.3) is 0 Å². The molecular formula is C13H5ClFN3O. The molecule has 2 rings (SSSR count). The highest BCUT2D eigenvalue weighted by atomic mass is 35.5. The molecule has 0 unspecified atom stereocenters. The number of ether oxygens (including phenoxy) is 1. The van der Waals surface area contributed by atoms with Gasteiger partial charge in [-0.25, -0.2) is 9.37 Å². The molecule has 0 spiro atoms. The van der Waals surface area contributed by atoms with Crippen molar-refractivity contribution in [3.8, 4) is 23.8 Å². The molecule has 0 aliphatic carbocycles.